The van der Waals surface area contributed by atoms with Crippen molar-refractivity contribution in [2.75, 3.05) is 0 Å². The summed E-state index contributed by atoms with van der Waals surface area (Å²) in [7, 11) is 0. The third-order valence-electron chi connectivity index (χ3n) is 2.71. The third kappa shape index (κ3) is 2.28. The lowest BCUT2D eigenvalue weighted by Crippen LogP contribution is -2.18. The topological polar surface area (TPSA) is 132 Å². The van der Waals surface area contributed by atoms with Gasteiger partial charge in [0, 0.05) is 24.9 Å². The molecule has 0 saturated heterocycles. The molecule has 20 heavy (non-hydrogen) atoms. The lowest BCUT2D eigenvalue weighted by molar-refractivity contribution is -0.385. The minimum absolute atomic E-state index is 0.161. The predicted octanol–water partition coefficient (Wildman–Crippen LogP) is 0.832. The molecule has 0 atom stereocenters. The standard InChI is InChI=1S/C11H12N6O3/c1-2-9-13-3-4-16(9)11-8(10(12)15-18)5-7(6-14-11)17(19)20/h3-6,18H,2H2,1H3,(H2,12,15). The van der Waals surface area contributed by atoms with Crippen LogP contribution in [0, 0.1) is 10.1 Å². The molecule has 0 aliphatic heterocycles. The van der Waals surface area contributed by atoms with Crippen molar-refractivity contribution in [2.24, 2.45) is 10.9 Å². The van der Waals surface area contributed by atoms with Gasteiger partial charge in [0.05, 0.1) is 10.5 Å². The van der Waals surface area contributed by atoms with Gasteiger partial charge < -0.3 is 10.9 Å². The molecule has 9 nitrogen and oxygen atoms in total. The molecule has 104 valence electrons. The number of nitro groups is 1. The van der Waals surface area contributed by atoms with Crippen LogP contribution in [0.15, 0.2) is 29.8 Å². The fourth-order valence-corrected chi connectivity index (χ4v) is 1.77. The number of pyridine rings is 1. The van der Waals surface area contributed by atoms with E-state index in [1.807, 2.05) is 6.92 Å². The second-order valence-electron chi connectivity index (χ2n) is 3.87. The summed E-state index contributed by atoms with van der Waals surface area (Å²) in [5, 5.41) is 22.5. The summed E-state index contributed by atoms with van der Waals surface area (Å²) in [5.41, 5.74) is 5.48. The highest BCUT2D eigenvalue weighted by atomic mass is 16.6. The number of aryl methyl sites for hydroxylation is 1. The van der Waals surface area contributed by atoms with Crippen molar-refractivity contribution in [3.8, 4) is 5.82 Å². The van der Waals surface area contributed by atoms with Crippen LogP contribution in [0.3, 0.4) is 0 Å². The van der Waals surface area contributed by atoms with Crippen LogP contribution in [0.5, 0.6) is 0 Å². The summed E-state index contributed by atoms with van der Waals surface area (Å²) in [6.07, 6.45) is 4.99. The molecule has 0 amide bonds. The Morgan fingerprint density at radius 1 is 1.60 bits per heavy atom. The summed E-state index contributed by atoms with van der Waals surface area (Å²) >= 11 is 0. The van der Waals surface area contributed by atoms with Crippen LogP contribution in [0.4, 0.5) is 5.69 Å². The predicted molar refractivity (Wildman–Crippen MR) is 69.9 cm³/mol. The summed E-state index contributed by atoms with van der Waals surface area (Å²) < 4.78 is 1.64. The normalized spacial score (nSPS) is 11.6. The number of aromatic nitrogens is 3. The van der Waals surface area contributed by atoms with Crippen LogP contribution in [0.25, 0.3) is 5.82 Å². The van der Waals surface area contributed by atoms with Gasteiger partial charge in [-0.3, -0.25) is 14.7 Å². The van der Waals surface area contributed by atoms with Crippen molar-refractivity contribution in [1.29, 1.82) is 0 Å². The van der Waals surface area contributed by atoms with Gasteiger partial charge in [0.1, 0.15) is 17.8 Å². The van der Waals surface area contributed by atoms with Crippen molar-refractivity contribution in [2.45, 2.75) is 13.3 Å². The molecule has 0 aliphatic carbocycles. The quantitative estimate of drug-likeness (QED) is 0.279. The molecular formula is C11H12N6O3. The van der Waals surface area contributed by atoms with Gasteiger partial charge in [-0.15, -0.1) is 0 Å². The fourth-order valence-electron chi connectivity index (χ4n) is 1.77. The van der Waals surface area contributed by atoms with E-state index >= 15 is 0 Å². The Bertz CT molecular complexity index is 679. The Balaban J connectivity index is 2.67. The first-order valence-electron chi connectivity index (χ1n) is 5.73. The Morgan fingerprint density at radius 3 is 2.95 bits per heavy atom. The summed E-state index contributed by atoms with van der Waals surface area (Å²) in [5.74, 6) is 0.769. The molecule has 0 aromatic carbocycles. The second kappa shape index (κ2) is 5.34. The number of hydrogen-bond acceptors (Lipinski definition) is 6. The van der Waals surface area contributed by atoms with Crippen LogP contribution < -0.4 is 5.73 Å². The van der Waals surface area contributed by atoms with Crippen LogP contribution in [0.1, 0.15) is 18.3 Å². The summed E-state index contributed by atoms with van der Waals surface area (Å²) in [6.45, 7) is 1.91. The number of rotatable bonds is 4. The van der Waals surface area contributed by atoms with Gasteiger partial charge in [-0.1, -0.05) is 12.1 Å². The SMILES string of the molecule is CCc1nccn1-c1ncc([N+](=O)[O-])cc1C(N)=NO. The minimum atomic E-state index is -0.598. The van der Waals surface area contributed by atoms with Gasteiger partial charge in [-0.2, -0.15) is 0 Å². The maximum atomic E-state index is 10.8. The second-order valence-corrected chi connectivity index (χ2v) is 3.87. The molecule has 0 spiro atoms. The van der Waals surface area contributed by atoms with Gasteiger partial charge in [0.15, 0.2) is 5.84 Å². The Hall–Kier alpha value is -2.97. The third-order valence-corrected chi connectivity index (χ3v) is 2.71. The van der Waals surface area contributed by atoms with Crippen LogP contribution in [0.2, 0.25) is 0 Å². The van der Waals surface area contributed by atoms with Crippen LogP contribution in [-0.4, -0.2) is 30.5 Å². The van der Waals surface area contributed by atoms with Crippen molar-refractivity contribution < 1.29 is 10.1 Å². The molecule has 0 fully saturated rings. The van der Waals surface area contributed by atoms with E-state index in [0.717, 1.165) is 6.20 Å². The van der Waals surface area contributed by atoms with Crippen LogP contribution in [-0.2, 0) is 6.42 Å². The Morgan fingerprint density at radius 2 is 2.35 bits per heavy atom. The Kier molecular flexibility index (Phi) is 3.60. The number of hydrogen-bond donors (Lipinski definition) is 2. The Labute approximate surface area is 113 Å². The molecule has 0 saturated carbocycles. The highest BCUT2D eigenvalue weighted by molar-refractivity contribution is 6.00. The number of oxime groups is 1. The van der Waals surface area contributed by atoms with Gasteiger partial charge >= 0.3 is 0 Å². The smallest absolute Gasteiger partial charge is 0.288 e. The molecule has 2 heterocycles. The van der Waals surface area contributed by atoms with Crippen molar-refractivity contribution >= 4 is 11.5 Å². The van der Waals surface area contributed by atoms with E-state index in [4.69, 9.17) is 10.9 Å². The summed E-state index contributed by atoms with van der Waals surface area (Å²) in [4.78, 5) is 18.4. The van der Waals surface area contributed by atoms with E-state index in [-0.39, 0.29) is 17.1 Å². The fraction of sp³-hybridized carbons (Fsp3) is 0.182. The molecular weight excluding hydrogens is 264 g/mol. The van der Waals surface area contributed by atoms with E-state index in [9.17, 15) is 10.1 Å². The van der Waals surface area contributed by atoms with E-state index in [1.54, 1.807) is 17.0 Å². The molecule has 2 aromatic heterocycles. The minimum Gasteiger partial charge on any atom is -0.409 e. The largest absolute Gasteiger partial charge is 0.409 e. The van der Waals surface area contributed by atoms with E-state index in [1.165, 1.54) is 6.07 Å². The zero-order valence-corrected chi connectivity index (χ0v) is 10.6. The molecule has 9 heteroatoms. The highest BCUT2D eigenvalue weighted by Gasteiger charge is 2.18. The lowest BCUT2D eigenvalue weighted by Gasteiger charge is -2.10. The van der Waals surface area contributed by atoms with Crippen LogP contribution >= 0.6 is 0 Å². The van der Waals surface area contributed by atoms with Crippen molar-refractivity contribution in [1.82, 2.24) is 14.5 Å². The molecule has 2 rings (SSSR count). The average molecular weight is 276 g/mol. The van der Waals surface area contributed by atoms with E-state index in [0.29, 0.717) is 18.1 Å². The molecule has 0 unspecified atom stereocenters. The van der Waals surface area contributed by atoms with E-state index in [2.05, 4.69) is 15.1 Å². The van der Waals surface area contributed by atoms with Gasteiger partial charge in [0.25, 0.3) is 5.69 Å². The monoisotopic (exact) mass is 276 g/mol. The number of nitrogens with two attached hydrogens (primary N) is 1. The van der Waals surface area contributed by atoms with Crippen molar-refractivity contribution in [3.05, 3.63) is 46.2 Å². The molecule has 0 bridgehead atoms. The van der Waals surface area contributed by atoms with Gasteiger partial charge in [-0.25, -0.2) is 9.97 Å². The summed E-state index contributed by atoms with van der Waals surface area (Å²) in [6, 6.07) is 1.21. The maximum absolute atomic E-state index is 10.8. The first kappa shape index (κ1) is 13.5. The molecule has 0 aliphatic rings. The lowest BCUT2D eigenvalue weighted by atomic mass is 10.2. The number of amidine groups is 1. The highest BCUT2D eigenvalue weighted by Crippen LogP contribution is 2.19. The van der Waals surface area contributed by atoms with Gasteiger partial charge in [0.2, 0.25) is 0 Å². The first-order chi connectivity index (χ1) is 9.58. The van der Waals surface area contributed by atoms with Gasteiger partial charge in [-0.05, 0) is 0 Å². The molecule has 3 N–H and O–H groups in total. The zero-order valence-electron chi connectivity index (χ0n) is 10.6. The zero-order chi connectivity index (χ0) is 14.7. The van der Waals surface area contributed by atoms with E-state index < -0.39 is 4.92 Å². The number of nitrogens with zero attached hydrogens (tertiary/aromatic N) is 5. The molecule has 2 aromatic rings. The average Bonchev–Trinajstić information content (AvgIpc) is 2.93. The number of imidazole rings is 1. The maximum Gasteiger partial charge on any atom is 0.288 e. The first-order valence-corrected chi connectivity index (χ1v) is 5.73. The molecule has 0 radical (unpaired) electrons. The van der Waals surface area contributed by atoms with Crippen molar-refractivity contribution in [3.63, 3.8) is 0 Å².